The third kappa shape index (κ3) is 5.70. The molecular formula is C19H22Cl2N6S. The Bertz CT molecular complexity index is 936. The molecule has 28 heavy (non-hydrogen) atoms. The average Bonchev–Trinajstić information content (AvgIpc) is 3.29. The van der Waals surface area contributed by atoms with Crippen LogP contribution in [0, 0.1) is 6.92 Å². The Morgan fingerprint density at radius 1 is 1.21 bits per heavy atom. The van der Waals surface area contributed by atoms with Crippen LogP contribution in [0.2, 0.25) is 10.0 Å². The largest absolute Gasteiger partial charge is 0.356 e. The van der Waals surface area contributed by atoms with Gasteiger partial charge in [0.05, 0.1) is 13.1 Å². The monoisotopic (exact) mass is 436 g/mol. The predicted molar refractivity (Wildman–Crippen MR) is 116 cm³/mol. The fourth-order valence-electron chi connectivity index (χ4n) is 2.52. The molecule has 3 aromatic rings. The molecule has 0 saturated carbocycles. The number of guanidine groups is 1. The summed E-state index contributed by atoms with van der Waals surface area (Å²) in [6.45, 7) is 3.67. The van der Waals surface area contributed by atoms with Crippen molar-refractivity contribution in [2.75, 3.05) is 6.54 Å². The molecule has 6 nitrogen and oxygen atoms in total. The van der Waals surface area contributed by atoms with Crippen molar-refractivity contribution in [3.8, 4) is 0 Å². The highest BCUT2D eigenvalue weighted by Gasteiger charge is 2.07. The van der Waals surface area contributed by atoms with Gasteiger partial charge in [-0.15, -0.1) is 21.5 Å². The van der Waals surface area contributed by atoms with E-state index in [1.165, 1.54) is 4.88 Å². The van der Waals surface area contributed by atoms with Crippen molar-refractivity contribution < 1.29 is 0 Å². The first-order valence-corrected chi connectivity index (χ1v) is 10.5. The van der Waals surface area contributed by atoms with Crippen molar-refractivity contribution in [2.45, 2.75) is 26.4 Å². The second-order valence-electron chi connectivity index (χ2n) is 6.23. The Kier molecular flexibility index (Phi) is 7.30. The smallest absolute Gasteiger partial charge is 0.191 e. The van der Waals surface area contributed by atoms with Gasteiger partial charge in [-0.05, 0) is 42.5 Å². The molecular weight excluding hydrogens is 415 g/mol. The molecule has 2 heterocycles. The Balaban J connectivity index is 1.66. The minimum atomic E-state index is 0.447. The fourth-order valence-corrected chi connectivity index (χ4v) is 3.69. The second-order valence-corrected chi connectivity index (χ2v) is 8.11. The Labute approximate surface area is 178 Å². The molecule has 0 fully saturated rings. The van der Waals surface area contributed by atoms with Crippen molar-refractivity contribution in [1.82, 2.24) is 25.4 Å². The van der Waals surface area contributed by atoms with E-state index in [9.17, 15) is 0 Å². The molecule has 9 heteroatoms. The summed E-state index contributed by atoms with van der Waals surface area (Å²) in [7, 11) is 1.95. The maximum atomic E-state index is 6.27. The van der Waals surface area contributed by atoms with Gasteiger partial charge < -0.3 is 15.2 Å². The number of halogens is 2. The van der Waals surface area contributed by atoms with Gasteiger partial charge in [0.1, 0.15) is 5.82 Å². The third-order valence-corrected chi connectivity index (χ3v) is 5.79. The minimum Gasteiger partial charge on any atom is -0.356 e. The number of hydrogen-bond donors (Lipinski definition) is 2. The molecule has 0 saturated heterocycles. The highest BCUT2D eigenvalue weighted by atomic mass is 35.5. The van der Waals surface area contributed by atoms with E-state index in [4.69, 9.17) is 23.2 Å². The normalized spacial score (nSPS) is 11.6. The van der Waals surface area contributed by atoms with E-state index in [1.807, 2.05) is 30.7 Å². The van der Waals surface area contributed by atoms with Gasteiger partial charge in [0.15, 0.2) is 11.8 Å². The van der Waals surface area contributed by atoms with E-state index in [1.54, 1.807) is 17.4 Å². The number of hydrogen-bond acceptors (Lipinski definition) is 4. The molecule has 148 valence electrons. The molecule has 0 unspecified atom stereocenters. The van der Waals surface area contributed by atoms with E-state index in [0.29, 0.717) is 29.1 Å². The van der Waals surface area contributed by atoms with Gasteiger partial charge in [-0.2, -0.15) is 0 Å². The SMILES string of the molecule is Cc1nnc(CNC(=NCc2ccc(Cl)cc2Cl)NCCc2cccs2)n1C. The van der Waals surface area contributed by atoms with Crippen LogP contribution in [0.1, 0.15) is 22.1 Å². The molecule has 2 aromatic heterocycles. The lowest BCUT2D eigenvalue weighted by atomic mass is 10.2. The first-order valence-electron chi connectivity index (χ1n) is 8.86. The second kappa shape index (κ2) is 9.91. The lowest BCUT2D eigenvalue weighted by molar-refractivity contribution is 0.713. The number of rotatable bonds is 7. The van der Waals surface area contributed by atoms with Gasteiger partial charge in [-0.1, -0.05) is 35.3 Å². The molecule has 0 amide bonds. The summed E-state index contributed by atoms with van der Waals surface area (Å²) < 4.78 is 1.95. The van der Waals surface area contributed by atoms with Gasteiger partial charge in [-0.3, -0.25) is 0 Å². The molecule has 1 aromatic carbocycles. The Morgan fingerprint density at radius 3 is 2.75 bits per heavy atom. The average molecular weight is 437 g/mol. The first kappa shape index (κ1) is 20.6. The van der Waals surface area contributed by atoms with Crippen LogP contribution in [-0.2, 0) is 26.6 Å². The summed E-state index contributed by atoms with van der Waals surface area (Å²) >= 11 is 14.0. The van der Waals surface area contributed by atoms with Crippen LogP contribution in [0.15, 0.2) is 40.7 Å². The van der Waals surface area contributed by atoms with Gasteiger partial charge in [0.2, 0.25) is 0 Å². The van der Waals surface area contributed by atoms with E-state index in [0.717, 1.165) is 30.2 Å². The summed E-state index contributed by atoms with van der Waals surface area (Å²) in [6, 6.07) is 9.63. The van der Waals surface area contributed by atoms with Crippen LogP contribution in [0.4, 0.5) is 0 Å². The summed E-state index contributed by atoms with van der Waals surface area (Å²) in [6.07, 6.45) is 0.934. The molecule has 0 spiro atoms. The topological polar surface area (TPSA) is 67.1 Å². The molecule has 0 aliphatic carbocycles. The van der Waals surface area contributed by atoms with Crippen LogP contribution in [-0.4, -0.2) is 27.3 Å². The van der Waals surface area contributed by atoms with Crippen molar-refractivity contribution in [2.24, 2.45) is 12.0 Å². The maximum absolute atomic E-state index is 6.27. The molecule has 3 rings (SSSR count). The molecule has 0 radical (unpaired) electrons. The van der Waals surface area contributed by atoms with Crippen molar-refractivity contribution >= 4 is 40.5 Å². The predicted octanol–water partition coefficient (Wildman–Crippen LogP) is 3.97. The van der Waals surface area contributed by atoms with Crippen LogP contribution >= 0.6 is 34.5 Å². The van der Waals surface area contributed by atoms with Gasteiger partial charge in [-0.25, -0.2) is 4.99 Å². The third-order valence-electron chi connectivity index (χ3n) is 4.26. The summed E-state index contributed by atoms with van der Waals surface area (Å²) in [5.74, 6) is 2.41. The maximum Gasteiger partial charge on any atom is 0.191 e. The number of aryl methyl sites for hydroxylation is 1. The molecule has 0 atom stereocenters. The van der Waals surface area contributed by atoms with Crippen LogP contribution < -0.4 is 10.6 Å². The van der Waals surface area contributed by atoms with Gasteiger partial charge in [0.25, 0.3) is 0 Å². The van der Waals surface area contributed by atoms with Crippen LogP contribution in [0.3, 0.4) is 0 Å². The zero-order valence-corrected chi connectivity index (χ0v) is 18.1. The minimum absolute atomic E-state index is 0.447. The summed E-state index contributed by atoms with van der Waals surface area (Å²) in [5.41, 5.74) is 0.917. The zero-order valence-electron chi connectivity index (χ0n) is 15.7. The van der Waals surface area contributed by atoms with Gasteiger partial charge in [0, 0.05) is 28.5 Å². The van der Waals surface area contributed by atoms with Crippen LogP contribution in [0.25, 0.3) is 0 Å². The number of aliphatic imine (C=N–C) groups is 1. The fraction of sp³-hybridized carbons (Fsp3) is 0.316. The van der Waals surface area contributed by atoms with E-state index in [2.05, 4.69) is 43.3 Å². The summed E-state index contributed by atoms with van der Waals surface area (Å²) in [5, 5.41) is 18.3. The number of nitrogens with zero attached hydrogens (tertiary/aromatic N) is 4. The molecule has 0 bridgehead atoms. The molecule has 0 aliphatic heterocycles. The van der Waals surface area contributed by atoms with Gasteiger partial charge >= 0.3 is 0 Å². The molecule has 2 N–H and O–H groups in total. The lowest BCUT2D eigenvalue weighted by Crippen LogP contribution is -2.38. The van der Waals surface area contributed by atoms with E-state index < -0.39 is 0 Å². The van der Waals surface area contributed by atoms with Crippen molar-refractivity contribution in [3.63, 3.8) is 0 Å². The lowest BCUT2D eigenvalue weighted by Gasteiger charge is -2.13. The Morgan fingerprint density at radius 2 is 2.07 bits per heavy atom. The summed E-state index contributed by atoms with van der Waals surface area (Å²) in [4.78, 5) is 6.00. The number of benzene rings is 1. The van der Waals surface area contributed by atoms with Crippen LogP contribution in [0.5, 0.6) is 0 Å². The molecule has 0 aliphatic rings. The van der Waals surface area contributed by atoms with Crippen molar-refractivity contribution in [3.05, 3.63) is 67.8 Å². The highest BCUT2D eigenvalue weighted by Crippen LogP contribution is 2.21. The Hall–Kier alpha value is -2.09. The first-order chi connectivity index (χ1) is 13.5. The van der Waals surface area contributed by atoms with Crippen molar-refractivity contribution in [1.29, 1.82) is 0 Å². The quantitative estimate of drug-likeness (QED) is 0.434. The van der Waals surface area contributed by atoms with E-state index in [-0.39, 0.29) is 0 Å². The standard InChI is InChI=1S/C19H22Cl2N6S/c1-13-25-26-18(27(13)2)12-24-19(22-8-7-16-4-3-9-28-16)23-11-14-5-6-15(20)10-17(14)21/h3-6,9-10H,7-8,11-12H2,1-2H3,(H2,22,23,24). The van der Waals surface area contributed by atoms with E-state index >= 15 is 0 Å². The number of thiophene rings is 1. The number of aromatic nitrogens is 3. The number of nitrogens with one attached hydrogen (secondary N) is 2. The zero-order chi connectivity index (χ0) is 19.9. The highest BCUT2D eigenvalue weighted by molar-refractivity contribution is 7.09.